The van der Waals surface area contributed by atoms with Crippen LogP contribution in [0.15, 0.2) is 48.5 Å². The van der Waals surface area contributed by atoms with Crippen molar-refractivity contribution in [1.29, 1.82) is 0 Å². The Kier molecular flexibility index (Phi) is 4.51. The van der Waals surface area contributed by atoms with Crippen LogP contribution < -0.4 is 15.5 Å². The number of nitrogens with zero attached hydrogens (tertiary/aromatic N) is 1. The van der Waals surface area contributed by atoms with Gasteiger partial charge in [-0.15, -0.1) is 0 Å². The third-order valence-corrected chi connectivity index (χ3v) is 4.15. The molecular formula is C19H21N3O2. The maximum Gasteiger partial charge on any atom is 0.243 e. The number of hydrogen-bond acceptors (Lipinski definition) is 3. The van der Waals surface area contributed by atoms with Gasteiger partial charge in [0.15, 0.2) is 0 Å². The second kappa shape index (κ2) is 6.74. The van der Waals surface area contributed by atoms with Gasteiger partial charge >= 0.3 is 0 Å². The quantitative estimate of drug-likeness (QED) is 0.909. The number of amides is 2. The zero-order valence-corrected chi connectivity index (χ0v) is 13.9. The summed E-state index contributed by atoms with van der Waals surface area (Å²) < 4.78 is 0. The second-order valence-electron chi connectivity index (χ2n) is 6.12. The van der Waals surface area contributed by atoms with Gasteiger partial charge in [-0.05, 0) is 49.2 Å². The van der Waals surface area contributed by atoms with Crippen LogP contribution in [0.2, 0.25) is 0 Å². The number of hydrogen-bond donors (Lipinski definition) is 2. The number of carbonyl (C=O) groups is 2. The molecule has 0 saturated heterocycles. The van der Waals surface area contributed by atoms with Crippen LogP contribution >= 0.6 is 0 Å². The lowest BCUT2D eigenvalue weighted by atomic mass is 10.1. The summed E-state index contributed by atoms with van der Waals surface area (Å²) in [6, 6.07) is 15.6. The van der Waals surface area contributed by atoms with Crippen LogP contribution in [0.1, 0.15) is 19.4 Å². The summed E-state index contributed by atoms with van der Waals surface area (Å²) in [5, 5.41) is 5.61. The molecule has 124 valence electrons. The second-order valence-corrected chi connectivity index (χ2v) is 6.12. The lowest BCUT2D eigenvalue weighted by Gasteiger charge is -2.24. The van der Waals surface area contributed by atoms with E-state index in [1.165, 1.54) is 12.5 Å². The van der Waals surface area contributed by atoms with Crippen LogP contribution in [0.25, 0.3) is 0 Å². The molecule has 0 aromatic heterocycles. The molecule has 1 atom stereocenters. The largest absolute Gasteiger partial charge is 0.359 e. The van der Waals surface area contributed by atoms with E-state index < -0.39 is 0 Å². The van der Waals surface area contributed by atoms with E-state index in [4.69, 9.17) is 0 Å². The number of rotatable bonds is 4. The Balaban J connectivity index is 1.63. The Morgan fingerprint density at radius 2 is 1.67 bits per heavy atom. The van der Waals surface area contributed by atoms with E-state index in [2.05, 4.69) is 34.6 Å². The molecule has 2 aromatic carbocycles. The average Bonchev–Trinajstić information content (AvgIpc) is 2.85. The fourth-order valence-electron chi connectivity index (χ4n) is 3.07. The smallest absolute Gasteiger partial charge is 0.243 e. The molecule has 0 radical (unpaired) electrons. The first-order valence-corrected chi connectivity index (χ1v) is 8.05. The minimum Gasteiger partial charge on any atom is -0.359 e. The van der Waals surface area contributed by atoms with E-state index in [0.29, 0.717) is 24.0 Å². The van der Waals surface area contributed by atoms with Crippen LogP contribution in [0, 0.1) is 0 Å². The molecule has 24 heavy (non-hydrogen) atoms. The van der Waals surface area contributed by atoms with Crippen LogP contribution in [0.3, 0.4) is 0 Å². The Morgan fingerprint density at radius 1 is 1.04 bits per heavy atom. The number of fused-ring (bicyclic) bond motifs is 1. The highest BCUT2D eigenvalue weighted by atomic mass is 16.2. The van der Waals surface area contributed by atoms with Gasteiger partial charge in [-0.3, -0.25) is 9.59 Å². The maximum atomic E-state index is 12.4. The van der Waals surface area contributed by atoms with Gasteiger partial charge in [-0.25, -0.2) is 0 Å². The molecule has 1 aliphatic heterocycles. The molecule has 1 heterocycles. The van der Waals surface area contributed by atoms with Crippen molar-refractivity contribution in [1.82, 2.24) is 0 Å². The number of nitrogens with one attached hydrogen (secondary N) is 2. The van der Waals surface area contributed by atoms with Gasteiger partial charge in [0.2, 0.25) is 11.8 Å². The SMILES string of the molecule is CC(=O)Nc1ccc(NC(=O)CN2c3ccccc3CC2C)cc1. The summed E-state index contributed by atoms with van der Waals surface area (Å²) in [4.78, 5) is 25.5. The van der Waals surface area contributed by atoms with Crippen molar-refractivity contribution in [3.05, 3.63) is 54.1 Å². The van der Waals surface area contributed by atoms with Gasteiger partial charge < -0.3 is 15.5 Å². The molecule has 2 N–H and O–H groups in total. The van der Waals surface area contributed by atoms with E-state index >= 15 is 0 Å². The molecule has 1 aliphatic rings. The first-order chi connectivity index (χ1) is 11.5. The van der Waals surface area contributed by atoms with Gasteiger partial charge in [0.05, 0.1) is 6.54 Å². The molecule has 0 saturated carbocycles. The molecule has 0 fully saturated rings. The number of anilines is 3. The van der Waals surface area contributed by atoms with Crippen molar-refractivity contribution >= 4 is 28.9 Å². The average molecular weight is 323 g/mol. The molecule has 2 amide bonds. The third-order valence-electron chi connectivity index (χ3n) is 4.15. The summed E-state index contributed by atoms with van der Waals surface area (Å²) >= 11 is 0. The third kappa shape index (κ3) is 3.56. The van der Waals surface area contributed by atoms with Crippen molar-refractivity contribution in [2.45, 2.75) is 26.3 Å². The summed E-state index contributed by atoms with van der Waals surface area (Å²) in [6.07, 6.45) is 0.967. The molecular weight excluding hydrogens is 302 g/mol. The molecule has 0 spiro atoms. The lowest BCUT2D eigenvalue weighted by Crippen LogP contribution is -2.37. The zero-order chi connectivity index (χ0) is 17.1. The highest BCUT2D eigenvalue weighted by molar-refractivity contribution is 5.95. The molecule has 1 unspecified atom stereocenters. The van der Waals surface area contributed by atoms with Crippen LogP contribution in [0.5, 0.6) is 0 Å². The first-order valence-electron chi connectivity index (χ1n) is 8.05. The highest BCUT2D eigenvalue weighted by Crippen LogP contribution is 2.31. The van der Waals surface area contributed by atoms with E-state index in [9.17, 15) is 9.59 Å². The number of para-hydroxylation sites is 1. The standard InChI is InChI=1S/C19H21N3O2/c1-13-11-15-5-3-4-6-18(15)22(13)12-19(24)21-17-9-7-16(8-10-17)20-14(2)23/h3-10,13H,11-12H2,1-2H3,(H,20,23)(H,21,24). The van der Waals surface area contributed by atoms with Crippen LogP contribution in [0.4, 0.5) is 17.1 Å². The van der Waals surface area contributed by atoms with E-state index in [1.54, 1.807) is 24.3 Å². The summed E-state index contributed by atoms with van der Waals surface area (Å²) in [6.45, 7) is 3.92. The molecule has 3 rings (SSSR count). The van der Waals surface area contributed by atoms with Crippen molar-refractivity contribution in [2.24, 2.45) is 0 Å². The minimum atomic E-state index is -0.117. The zero-order valence-electron chi connectivity index (χ0n) is 13.9. The molecule has 5 heteroatoms. The van der Waals surface area contributed by atoms with E-state index in [0.717, 1.165) is 12.1 Å². The summed E-state index contributed by atoms with van der Waals surface area (Å²) in [7, 11) is 0. The number of benzene rings is 2. The minimum absolute atomic E-state index is 0.0502. The predicted octanol–water partition coefficient (Wildman–Crippen LogP) is 3.03. The topological polar surface area (TPSA) is 61.4 Å². The van der Waals surface area contributed by atoms with E-state index in [1.807, 2.05) is 12.1 Å². The highest BCUT2D eigenvalue weighted by Gasteiger charge is 2.26. The van der Waals surface area contributed by atoms with Gasteiger partial charge in [0.1, 0.15) is 0 Å². The first kappa shape index (κ1) is 16.1. The fourth-order valence-corrected chi connectivity index (χ4v) is 3.07. The molecule has 5 nitrogen and oxygen atoms in total. The van der Waals surface area contributed by atoms with Crippen molar-refractivity contribution < 1.29 is 9.59 Å². The normalized spacial score (nSPS) is 15.8. The van der Waals surface area contributed by atoms with Gasteiger partial charge in [0.25, 0.3) is 0 Å². The Labute approximate surface area is 141 Å². The molecule has 0 aliphatic carbocycles. The Morgan fingerprint density at radius 3 is 2.33 bits per heavy atom. The van der Waals surface area contributed by atoms with Gasteiger partial charge in [0, 0.05) is 30.0 Å². The molecule has 0 bridgehead atoms. The predicted molar refractivity (Wildman–Crippen MR) is 96.3 cm³/mol. The Bertz CT molecular complexity index is 755. The fraction of sp³-hybridized carbons (Fsp3) is 0.263. The lowest BCUT2D eigenvalue weighted by molar-refractivity contribution is -0.115. The van der Waals surface area contributed by atoms with Gasteiger partial charge in [-0.1, -0.05) is 18.2 Å². The maximum absolute atomic E-state index is 12.4. The monoisotopic (exact) mass is 323 g/mol. The van der Waals surface area contributed by atoms with Crippen LogP contribution in [-0.4, -0.2) is 24.4 Å². The summed E-state index contributed by atoms with van der Waals surface area (Å²) in [5.74, 6) is -0.167. The van der Waals surface area contributed by atoms with Gasteiger partial charge in [-0.2, -0.15) is 0 Å². The Hall–Kier alpha value is -2.82. The van der Waals surface area contributed by atoms with Crippen molar-refractivity contribution in [3.63, 3.8) is 0 Å². The van der Waals surface area contributed by atoms with E-state index in [-0.39, 0.29) is 11.8 Å². The summed E-state index contributed by atoms with van der Waals surface area (Å²) in [5.41, 5.74) is 3.86. The van der Waals surface area contributed by atoms with Crippen molar-refractivity contribution in [3.8, 4) is 0 Å². The van der Waals surface area contributed by atoms with Crippen LogP contribution in [-0.2, 0) is 16.0 Å². The number of carbonyl (C=O) groups excluding carboxylic acids is 2. The van der Waals surface area contributed by atoms with Crippen molar-refractivity contribution in [2.75, 3.05) is 22.1 Å². The molecule has 2 aromatic rings.